The average Bonchev–Trinajstić information content (AvgIpc) is 3.17. The Morgan fingerprint density at radius 1 is 1.03 bits per heavy atom. The van der Waals surface area contributed by atoms with Crippen molar-refractivity contribution in [2.45, 2.75) is 65.3 Å². The highest BCUT2D eigenvalue weighted by Crippen LogP contribution is 2.35. The van der Waals surface area contributed by atoms with E-state index in [1.54, 1.807) is 11.8 Å². The number of rotatable bonds is 12. The summed E-state index contributed by atoms with van der Waals surface area (Å²) in [6.07, 6.45) is 0.337. The molecule has 0 aliphatic rings. The Morgan fingerprint density at radius 3 is 2.25 bits per heavy atom. The third-order valence-corrected chi connectivity index (χ3v) is 6.14. The summed E-state index contributed by atoms with van der Waals surface area (Å²) in [6.45, 7) is 11.7. The van der Waals surface area contributed by atoms with Crippen molar-refractivity contribution in [2.24, 2.45) is 7.05 Å². The molecule has 2 aromatic carbocycles. The average molecular weight is 496 g/mol. The van der Waals surface area contributed by atoms with E-state index in [9.17, 15) is 5.11 Å². The molecule has 1 aromatic heterocycles. The Morgan fingerprint density at radius 2 is 1.67 bits per heavy atom. The van der Waals surface area contributed by atoms with Crippen LogP contribution in [-0.2, 0) is 18.3 Å². The van der Waals surface area contributed by atoms with Gasteiger partial charge in [0.15, 0.2) is 0 Å². The number of benzene rings is 2. The van der Waals surface area contributed by atoms with Gasteiger partial charge in [-0.05, 0) is 58.4 Å². The molecule has 1 N–H and O–H groups in total. The SMILES string of the molecule is CC[C@@H](C)N(Cc1c(-c2ccccc2)nn(C)c1Oc1ccc(OC)cc1)C[C@H](O)COC(C)(C)C. The van der Waals surface area contributed by atoms with Crippen molar-refractivity contribution in [1.82, 2.24) is 14.7 Å². The standard InChI is InChI=1S/C29H41N3O4/c1-8-21(2)32(18-23(33)20-35-29(3,4)5)19-26-27(22-12-10-9-11-13-22)30-31(6)28(26)36-25-16-14-24(34-7)15-17-25/h9-17,21,23,33H,8,18-20H2,1-7H3/t21-,23+/m1/s1. The van der Waals surface area contributed by atoms with Crippen LogP contribution in [0.4, 0.5) is 0 Å². The number of aryl methyl sites for hydroxylation is 1. The Hall–Kier alpha value is -2.87. The van der Waals surface area contributed by atoms with Crippen molar-refractivity contribution in [1.29, 1.82) is 0 Å². The van der Waals surface area contributed by atoms with Gasteiger partial charge in [0.25, 0.3) is 0 Å². The third kappa shape index (κ3) is 7.56. The van der Waals surface area contributed by atoms with E-state index < -0.39 is 6.10 Å². The van der Waals surface area contributed by atoms with Gasteiger partial charge in [-0.15, -0.1) is 0 Å². The van der Waals surface area contributed by atoms with Crippen LogP contribution in [0.15, 0.2) is 54.6 Å². The van der Waals surface area contributed by atoms with E-state index in [1.807, 2.05) is 70.3 Å². The second kappa shape index (κ2) is 12.4. The van der Waals surface area contributed by atoms with Crippen LogP contribution in [0.2, 0.25) is 0 Å². The number of aliphatic hydroxyl groups is 1. The summed E-state index contributed by atoms with van der Waals surface area (Å²) in [5, 5.41) is 15.7. The van der Waals surface area contributed by atoms with Crippen LogP contribution in [0.3, 0.4) is 0 Å². The van der Waals surface area contributed by atoms with Gasteiger partial charge in [0, 0.05) is 31.7 Å². The quantitative estimate of drug-likeness (QED) is 0.349. The lowest BCUT2D eigenvalue weighted by atomic mass is 10.1. The molecule has 0 spiro atoms. The fraction of sp³-hybridized carbons (Fsp3) is 0.483. The first-order chi connectivity index (χ1) is 17.1. The van der Waals surface area contributed by atoms with Crippen molar-refractivity contribution in [2.75, 3.05) is 20.3 Å². The molecule has 0 radical (unpaired) electrons. The normalized spacial score (nSPS) is 13.6. The first-order valence-corrected chi connectivity index (χ1v) is 12.6. The highest BCUT2D eigenvalue weighted by Gasteiger charge is 2.26. The summed E-state index contributed by atoms with van der Waals surface area (Å²) in [6, 6.07) is 17.9. The molecule has 7 nitrogen and oxygen atoms in total. The molecule has 0 aliphatic carbocycles. The first kappa shape index (κ1) is 27.7. The molecule has 0 fully saturated rings. The predicted octanol–water partition coefficient (Wildman–Crippen LogP) is 5.66. The molecule has 0 unspecified atom stereocenters. The molecule has 0 saturated heterocycles. The molecule has 1 heterocycles. The van der Waals surface area contributed by atoms with Crippen molar-refractivity contribution < 1.29 is 19.3 Å². The van der Waals surface area contributed by atoms with Crippen LogP contribution in [0.5, 0.6) is 17.4 Å². The maximum Gasteiger partial charge on any atom is 0.222 e. The monoisotopic (exact) mass is 495 g/mol. The minimum atomic E-state index is -0.610. The number of ether oxygens (including phenoxy) is 3. The van der Waals surface area contributed by atoms with Crippen LogP contribution in [-0.4, -0.2) is 57.8 Å². The fourth-order valence-electron chi connectivity index (χ4n) is 3.94. The van der Waals surface area contributed by atoms with Gasteiger partial charge in [0.2, 0.25) is 5.88 Å². The second-order valence-electron chi connectivity index (χ2n) is 10.2. The van der Waals surface area contributed by atoms with Crippen LogP contribution in [0.1, 0.15) is 46.6 Å². The number of aromatic nitrogens is 2. The van der Waals surface area contributed by atoms with E-state index >= 15 is 0 Å². The molecular formula is C29H41N3O4. The summed E-state index contributed by atoms with van der Waals surface area (Å²) in [4.78, 5) is 2.28. The topological polar surface area (TPSA) is 69.0 Å². The second-order valence-corrected chi connectivity index (χ2v) is 10.2. The van der Waals surface area contributed by atoms with Crippen LogP contribution >= 0.6 is 0 Å². The summed E-state index contributed by atoms with van der Waals surface area (Å²) in [5.74, 6) is 2.15. The van der Waals surface area contributed by atoms with Crippen molar-refractivity contribution >= 4 is 0 Å². The minimum Gasteiger partial charge on any atom is -0.497 e. The first-order valence-electron chi connectivity index (χ1n) is 12.6. The van der Waals surface area contributed by atoms with E-state index in [1.165, 1.54) is 0 Å². The number of hydrogen-bond donors (Lipinski definition) is 1. The van der Waals surface area contributed by atoms with Crippen LogP contribution < -0.4 is 9.47 Å². The predicted molar refractivity (Wildman–Crippen MR) is 144 cm³/mol. The highest BCUT2D eigenvalue weighted by molar-refractivity contribution is 5.65. The van der Waals surface area contributed by atoms with Gasteiger partial charge in [-0.25, -0.2) is 4.68 Å². The molecule has 7 heteroatoms. The molecule has 0 bridgehead atoms. The number of methoxy groups -OCH3 is 1. The lowest BCUT2D eigenvalue weighted by Crippen LogP contribution is -2.41. The van der Waals surface area contributed by atoms with E-state index in [2.05, 4.69) is 30.9 Å². The lowest BCUT2D eigenvalue weighted by molar-refractivity contribution is -0.0593. The Kier molecular flexibility index (Phi) is 9.54. The third-order valence-electron chi connectivity index (χ3n) is 6.14. The van der Waals surface area contributed by atoms with Crippen LogP contribution in [0, 0.1) is 0 Å². The number of aliphatic hydroxyl groups excluding tert-OH is 1. The zero-order valence-corrected chi connectivity index (χ0v) is 22.7. The molecule has 0 amide bonds. The molecule has 3 aromatic rings. The summed E-state index contributed by atoms with van der Waals surface area (Å²) < 4.78 is 19.3. The Bertz CT molecular complexity index is 1070. The van der Waals surface area contributed by atoms with Gasteiger partial charge in [-0.1, -0.05) is 37.3 Å². The van der Waals surface area contributed by atoms with Gasteiger partial charge in [-0.2, -0.15) is 5.10 Å². The molecule has 3 rings (SSSR count). The molecule has 0 saturated carbocycles. The molecule has 0 aliphatic heterocycles. The van der Waals surface area contributed by atoms with Gasteiger partial charge in [0.05, 0.1) is 31.0 Å². The van der Waals surface area contributed by atoms with E-state index in [0.717, 1.165) is 29.0 Å². The Labute approximate surface area is 215 Å². The van der Waals surface area contributed by atoms with Crippen LogP contribution in [0.25, 0.3) is 11.3 Å². The van der Waals surface area contributed by atoms with E-state index in [-0.39, 0.29) is 18.2 Å². The fourth-order valence-corrected chi connectivity index (χ4v) is 3.94. The van der Waals surface area contributed by atoms with Crippen molar-refractivity contribution in [3.8, 4) is 28.6 Å². The summed E-state index contributed by atoms with van der Waals surface area (Å²) >= 11 is 0. The maximum absolute atomic E-state index is 10.8. The van der Waals surface area contributed by atoms with Gasteiger partial charge < -0.3 is 19.3 Å². The van der Waals surface area contributed by atoms with Crippen molar-refractivity contribution in [3.05, 3.63) is 60.2 Å². The number of nitrogens with zero attached hydrogens (tertiary/aromatic N) is 3. The maximum atomic E-state index is 10.8. The zero-order chi connectivity index (χ0) is 26.3. The van der Waals surface area contributed by atoms with E-state index in [4.69, 9.17) is 19.3 Å². The summed E-state index contributed by atoms with van der Waals surface area (Å²) in [5.41, 5.74) is 2.57. The minimum absolute atomic E-state index is 0.243. The van der Waals surface area contributed by atoms with E-state index in [0.29, 0.717) is 24.7 Å². The summed E-state index contributed by atoms with van der Waals surface area (Å²) in [7, 11) is 3.54. The lowest BCUT2D eigenvalue weighted by Gasteiger charge is -2.31. The molecule has 196 valence electrons. The highest BCUT2D eigenvalue weighted by atomic mass is 16.5. The largest absolute Gasteiger partial charge is 0.497 e. The zero-order valence-electron chi connectivity index (χ0n) is 22.7. The van der Waals surface area contributed by atoms with Crippen molar-refractivity contribution in [3.63, 3.8) is 0 Å². The molecular weight excluding hydrogens is 454 g/mol. The van der Waals surface area contributed by atoms with Gasteiger partial charge in [-0.3, -0.25) is 4.90 Å². The number of hydrogen-bond acceptors (Lipinski definition) is 6. The Balaban J connectivity index is 1.95. The molecule has 2 atom stereocenters. The van der Waals surface area contributed by atoms with Gasteiger partial charge >= 0.3 is 0 Å². The molecule has 36 heavy (non-hydrogen) atoms. The van der Waals surface area contributed by atoms with Gasteiger partial charge in [0.1, 0.15) is 17.2 Å². The smallest absolute Gasteiger partial charge is 0.222 e.